The molecule has 1 aliphatic rings. The van der Waals surface area contributed by atoms with Crippen LogP contribution in [0.2, 0.25) is 0 Å². The van der Waals surface area contributed by atoms with E-state index in [1.54, 1.807) is 27.7 Å². The molecule has 1 aliphatic heterocycles. The van der Waals surface area contributed by atoms with Gasteiger partial charge in [0.05, 0.1) is 12.6 Å². The van der Waals surface area contributed by atoms with Crippen LogP contribution < -0.4 is 0 Å². The van der Waals surface area contributed by atoms with Crippen molar-refractivity contribution in [3.63, 3.8) is 0 Å². The van der Waals surface area contributed by atoms with E-state index in [4.69, 9.17) is 0 Å². The maximum Gasteiger partial charge on any atom is 0.228 e. The summed E-state index contributed by atoms with van der Waals surface area (Å²) in [7, 11) is 0. The number of carbonyl (C=O) groups is 2. The zero-order valence-electron chi connectivity index (χ0n) is 9.66. The Morgan fingerprint density at radius 2 is 2.00 bits per heavy atom. The van der Waals surface area contributed by atoms with Gasteiger partial charge >= 0.3 is 0 Å². The average Bonchev–Trinajstić information content (AvgIpc) is 2.40. The molecule has 1 heterocycles. The molecule has 0 N–H and O–H groups in total. The summed E-state index contributed by atoms with van der Waals surface area (Å²) in [4.78, 5) is 24.1. The van der Waals surface area contributed by atoms with Gasteiger partial charge in [-0.2, -0.15) is 0 Å². The Kier molecular flexibility index (Phi) is 3.16. The number of rotatable bonds is 1. The predicted octanol–water partition coefficient (Wildman–Crippen LogP) is 1.42. The molecule has 0 aromatic rings. The van der Waals surface area contributed by atoms with Gasteiger partial charge in [0.25, 0.3) is 0 Å². The Morgan fingerprint density at radius 3 is 2.40 bits per heavy atom. The fourth-order valence-electron chi connectivity index (χ4n) is 1.82. The van der Waals surface area contributed by atoms with Crippen LogP contribution in [-0.2, 0) is 9.59 Å². The lowest BCUT2D eigenvalue weighted by Crippen LogP contribution is -2.44. The first-order chi connectivity index (χ1) is 6.79. The zero-order valence-corrected chi connectivity index (χ0v) is 9.66. The van der Waals surface area contributed by atoms with E-state index in [-0.39, 0.29) is 12.5 Å². The highest BCUT2D eigenvalue weighted by Crippen LogP contribution is 2.29. The van der Waals surface area contributed by atoms with Gasteiger partial charge in [-0.3, -0.25) is 4.79 Å². The maximum atomic E-state index is 13.4. The van der Waals surface area contributed by atoms with Gasteiger partial charge in [0.1, 0.15) is 12.5 Å². The largest absolute Gasteiger partial charge is 0.329 e. The van der Waals surface area contributed by atoms with E-state index in [0.29, 0.717) is 6.29 Å². The first-order valence-electron chi connectivity index (χ1n) is 5.19. The van der Waals surface area contributed by atoms with E-state index < -0.39 is 23.5 Å². The van der Waals surface area contributed by atoms with Crippen LogP contribution in [0.15, 0.2) is 0 Å². The van der Waals surface area contributed by atoms with Crippen molar-refractivity contribution in [3.05, 3.63) is 0 Å². The molecule has 1 amide bonds. The van der Waals surface area contributed by atoms with Crippen LogP contribution in [-0.4, -0.2) is 35.9 Å². The maximum absolute atomic E-state index is 13.4. The lowest BCUT2D eigenvalue weighted by Gasteiger charge is -2.28. The van der Waals surface area contributed by atoms with E-state index in [1.165, 1.54) is 4.90 Å². The van der Waals surface area contributed by atoms with Crippen molar-refractivity contribution in [1.82, 2.24) is 4.90 Å². The van der Waals surface area contributed by atoms with Gasteiger partial charge in [-0.1, -0.05) is 27.7 Å². The van der Waals surface area contributed by atoms with Gasteiger partial charge in [0.15, 0.2) is 0 Å². The standard InChI is InChI=1S/C11H18FNO2/c1-7-8(12)5-13(9(7)6-14)10(15)11(2,3)4/h6-9H,5H2,1-4H3/t7?,8-,9+/m0/s1. The van der Waals surface area contributed by atoms with Crippen LogP contribution in [0.3, 0.4) is 0 Å². The quantitative estimate of drug-likeness (QED) is 0.620. The molecule has 0 saturated carbocycles. The Labute approximate surface area is 89.6 Å². The lowest BCUT2D eigenvalue weighted by atomic mass is 9.94. The van der Waals surface area contributed by atoms with Crippen LogP contribution in [0.4, 0.5) is 4.39 Å². The summed E-state index contributed by atoms with van der Waals surface area (Å²) in [6.45, 7) is 7.02. The van der Waals surface area contributed by atoms with Crippen LogP contribution >= 0.6 is 0 Å². The molecule has 0 radical (unpaired) electrons. The molecule has 86 valence electrons. The first-order valence-corrected chi connectivity index (χ1v) is 5.19. The summed E-state index contributed by atoms with van der Waals surface area (Å²) in [5.41, 5.74) is -0.564. The van der Waals surface area contributed by atoms with Crippen molar-refractivity contribution in [2.24, 2.45) is 11.3 Å². The molecule has 3 nitrogen and oxygen atoms in total. The number of halogens is 1. The zero-order chi connectivity index (χ0) is 11.8. The molecule has 1 unspecified atom stereocenters. The van der Waals surface area contributed by atoms with Crippen LogP contribution in [0, 0.1) is 11.3 Å². The molecule has 1 fully saturated rings. The number of alkyl halides is 1. The fourth-order valence-corrected chi connectivity index (χ4v) is 1.82. The monoisotopic (exact) mass is 215 g/mol. The molecule has 0 aromatic carbocycles. The van der Waals surface area contributed by atoms with Gasteiger partial charge in [-0.05, 0) is 0 Å². The van der Waals surface area contributed by atoms with Gasteiger partial charge in [-0.25, -0.2) is 4.39 Å². The molecule has 3 atom stereocenters. The van der Waals surface area contributed by atoms with E-state index in [0.717, 1.165) is 0 Å². The highest BCUT2D eigenvalue weighted by Gasteiger charge is 2.44. The SMILES string of the molecule is CC1[C@@H](C=O)N(C(=O)C(C)(C)C)C[C@@H]1F. The number of hydrogen-bond donors (Lipinski definition) is 0. The predicted molar refractivity (Wildman–Crippen MR) is 55.1 cm³/mol. The van der Waals surface area contributed by atoms with Crippen molar-refractivity contribution in [1.29, 1.82) is 0 Å². The molecule has 15 heavy (non-hydrogen) atoms. The third-order valence-corrected chi connectivity index (χ3v) is 2.88. The number of aldehydes is 1. The molecule has 4 heteroatoms. The van der Waals surface area contributed by atoms with Gasteiger partial charge in [0.2, 0.25) is 5.91 Å². The second-order valence-corrected chi connectivity index (χ2v) is 5.21. The molecule has 0 aromatic heterocycles. The molecule has 1 saturated heterocycles. The van der Waals surface area contributed by atoms with E-state index in [1.807, 2.05) is 0 Å². The summed E-state index contributed by atoms with van der Waals surface area (Å²) in [6, 6.07) is -0.605. The van der Waals surface area contributed by atoms with Crippen molar-refractivity contribution < 1.29 is 14.0 Å². The second-order valence-electron chi connectivity index (χ2n) is 5.21. The summed E-state index contributed by atoms with van der Waals surface area (Å²) in [5, 5.41) is 0. The van der Waals surface area contributed by atoms with E-state index in [9.17, 15) is 14.0 Å². The highest BCUT2D eigenvalue weighted by molar-refractivity contribution is 5.85. The second kappa shape index (κ2) is 3.91. The molecule has 1 rings (SSSR count). The fraction of sp³-hybridized carbons (Fsp3) is 0.818. The van der Waals surface area contributed by atoms with Crippen LogP contribution in [0.25, 0.3) is 0 Å². The van der Waals surface area contributed by atoms with E-state index >= 15 is 0 Å². The normalized spacial score (nSPS) is 31.8. The third-order valence-electron chi connectivity index (χ3n) is 2.88. The number of amides is 1. The van der Waals surface area contributed by atoms with Crippen molar-refractivity contribution in [3.8, 4) is 0 Å². The summed E-state index contributed by atoms with van der Waals surface area (Å²) in [6.07, 6.45) is -0.417. The van der Waals surface area contributed by atoms with Crippen molar-refractivity contribution in [2.75, 3.05) is 6.54 Å². The lowest BCUT2D eigenvalue weighted by molar-refractivity contribution is -0.142. The van der Waals surface area contributed by atoms with Crippen LogP contribution in [0.5, 0.6) is 0 Å². The number of hydrogen-bond acceptors (Lipinski definition) is 2. The molecular weight excluding hydrogens is 197 g/mol. The topological polar surface area (TPSA) is 37.4 Å². The summed E-state index contributed by atoms with van der Waals surface area (Å²) < 4.78 is 13.4. The average molecular weight is 215 g/mol. The van der Waals surface area contributed by atoms with Gasteiger partial charge < -0.3 is 9.69 Å². The smallest absolute Gasteiger partial charge is 0.228 e. The summed E-state index contributed by atoms with van der Waals surface area (Å²) in [5.74, 6) is -0.555. The van der Waals surface area contributed by atoms with Gasteiger partial charge in [-0.15, -0.1) is 0 Å². The highest BCUT2D eigenvalue weighted by atomic mass is 19.1. The minimum atomic E-state index is -1.09. The first kappa shape index (κ1) is 12.1. The molecule has 0 spiro atoms. The third kappa shape index (κ3) is 2.19. The minimum absolute atomic E-state index is 0.0423. The van der Waals surface area contributed by atoms with E-state index in [2.05, 4.69) is 0 Å². The molecule has 0 bridgehead atoms. The van der Waals surface area contributed by atoms with Gasteiger partial charge in [0, 0.05) is 11.3 Å². The van der Waals surface area contributed by atoms with Crippen LogP contribution in [0.1, 0.15) is 27.7 Å². The summed E-state index contributed by atoms with van der Waals surface area (Å²) >= 11 is 0. The Balaban J connectivity index is 2.88. The molecular formula is C11H18FNO2. The Hall–Kier alpha value is -0.930. The Morgan fingerprint density at radius 1 is 1.47 bits per heavy atom. The molecule has 0 aliphatic carbocycles. The van der Waals surface area contributed by atoms with Crippen molar-refractivity contribution >= 4 is 12.2 Å². The number of nitrogens with zero attached hydrogens (tertiary/aromatic N) is 1. The number of likely N-dealkylation sites (tertiary alicyclic amines) is 1. The number of carbonyl (C=O) groups excluding carboxylic acids is 2. The Bertz CT molecular complexity index is 272. The van der Waals surface area contributed by atoms with Crippen molar-refractivity contribution in [2.45, 2.75) is 39.9 Å². The minimum Gasteiger partial charge on any atom is -0.329 e.